The molecule has 94 valence electrons. The van der Waals surface area contributed by atoms with Crippen molar-refractivity contribution in [3.63, 3.8) is 0 Å². The summed E-state index contributed by atoms with van der Waals surface area (Å²) in [5.74, 6) is 0.779. The van der Waals surface area contributed by atoms with Crippen molar-refractivity contribution >= 4 is 34.2 Å². The third-order valence-electron chi connectivity index (χ3n) is 2.96. The molecule has 2 aromatic rings. The Morgan fingerprint density at radius 2 is 1.83 bits per heavy atom. The predicted octanol–water partition coefficient (Wildman–Crippen LogP) is 4.25. The van der Waals surface area contributed by atoms with Crippen molar-refractivity contribution in [2.24, 2.45) is 0 Å². The summed E-state index contributed by atoms with van der Waals surface area (Å²) in [5, 5.41) is 0.543. The highest BCUT2D eigenvalue weighted by Crippen LogP contribution is 2.20. The average Bonchev–Trinajstić information content (AvgIpc) is 2.31. The lowest BCUT2D eigenvalue weighted by atomic mass is 10.0. The lowest BCUT2D eigenvalue weighted by Crippen LogP contribution is -2.02. The Hall–Kier alpha value is -0.680. The predicted molar refractivity (Wildman–Crippen MR) is 83.2 cm³/mol. The molecular formula is C14H14ClIN2. The first kappa shape index (κ1) is 13.7. The molecule has 0 saturated carbocycles. The fraction of sp³-hybridized carbons (Fsp3) is 0.286. The molecule has 0 unspecified atom stereocenters. The van der Waals surface area contributed by atoms with Gasteiger partial charge in [0.25, 0.3) is 0 Å². The van der Waals surface area contributed by atoms with Crippen LogP contribution < -0.4 is 0 Å². The SMILES string of the molecule is Cc1ccc(Cc2nc(C)c(I)c(Cl)n2)cc1C. The maximum Gasteiger partial charge on any atom is 0.146 e. The Labute approximate surface area is 126 Å². The van der Waals surface area contributed by atoms with Crippen molar-refractivity contribution in [1.29, 1.82) is 0 Å². The molecular weight excluding hydrogens is 359 g/mol. The van der Waals surface area contributed by atoms with Crippen molar-refractivity contribution in [2.75, 3.05) is 0 Å². The van der Waals surface area contributed by atoms with E-state index in [0.717, 1.165) is 21.5 Å². The number of rotatable bonds is 2. The van der Waals surface area contributed by atoms with Gasteiger partial charge in [-0.2, -0.15) is 0 Å². The first-order valence-electron chi connectivity index (χ1n) is 5.72. The maximum absolute atomic E-state index is 6.08. The fourth-order valence-corrected chi connectivity index (χ4v) is 2.23. The molecule has 0 aliphatic carbocycles. The van der Waals surface area contributed by atoms with Gasteiger partial charge in [-0.15, -0.1) is 0 Å². The summed E-state index contributed by atoms with van der Waals surface area (Å²) in [4.78, 5) is 8.81. The zero-order chi connectivity index (χ0) is 13.3. The van der Waals surface area contributed by atoms with E-state index in [1.54, 1.807) is 0 Å². The highest BCUT2D eigenvalue weighted by molar-refractivity contribution is 14.1. The molecule has 0 aliphatic heterocycles. The van der Waals surface area contributed by atoms with Crippen LogP contribution in [0, 0.1) is 24.3 Å². The Balaban J connectivity index is 2.31. The second-order valence-corrected chi connectivity index (χ2v) is 5.86. The summed E-state index contributed by atoms with van der Waals surface area (Å²) in [5.41, 5.74) is 4.75. The minimum atomic E-state index is 0.543. The lowest BCUT2D eigenvalue weighted by Gasteiger charge is -2.07. The first-order valence-corrected chi connectivity index (χ1v) is 7.17. The molecule has 0 radical (unpaired) electrons. The smallest absolute Gasteiger partial charge is 0.146 e. The number of benzene rings is 1. The van der Waals surface area contributed by atoms with Gasteiger partial charge < -0.3 is 0 Å². The third kappa shape index (κ3) is 3.01. The average molecular weight is 373 g/mol. The van der Waals surface area contributed by atoms with Gasteiger partial charge in [-0.05, 0) is 60.1 Å². The standard InChI is InChI=1S/C14H14ClIN2/c1-8-4-5-11(6-9(8)2)7-12-17-10(3)13(16)14(15)18-12/h4-6H,7H2,1-3H3. The van der Waals surface area contributed by atoms with Crippen LogP contribution >= 0.6 is 34.2 Å². The number of halogens is 2. The van der Waals surface area contributed by atoms with E-state index in [1.165, 1.54) is 16.7 Å². The van der Waals surface area contributed by atoms with Crippen molar-refractivity contribution in [1.82, 2.24) is 9.97 Å². The summed E-state index contributed by atoms with van der Waals surface area (Å²) in [6, 6.07) is 6.43. The molecule has 0 fully saturated rings. The highest BCUT2D eigenvalue weighted by atomic mass is 127. The van der Waals surface area contributed by atoms with E-state index in [9.17, 15) is 0 Å². The van der Waals surface area contributed by atoms with E-state index in [2.05, 4.69) is 64.6 Å². The third-order valence-corrected chi connectivity index (χ3v) is 4.84. The minimum Gasteiger partial charge on any atom is -0.237 e. The van der Waals surface area contributed by atoms with E-state index in [1.807, 2.05) is 6.92 Å². The molecule has 0 bridgehead atoms. The van der Waals surface area contributed by atoms with Crippen molar-refractivity contribution < 1.29 is 0 Å². The maximum atomic E-state index is 6.08. The number of hydrogen-bond donors (Lipinski definition) is 0. The first-order chi connectivity index (χ1) is 8.47. The molecule has 1 aromatic carbocycles. The van der Waals surface area contributed by atoms with Crippen LogP contribution in [0.1, 0.15) is 28.2 Å². The second-order valence-electron chi connectivity index (χ2n) is 4.43. The molecule has 0 saturated heterocycles. The molecule has 0 spiro atoms. The number of nitrogens with zero attached hydrogens (tertiary/aromatic N) is 2. The Morgan fingerprint density at radius 1 is 1.11 bits per heavy atom. The molecule has 0 amide bonds. The summed E-state index contributed by atoms with van der Waals surface area (Å²) >= 11 is 8.25. The zero-order valence-corrected chi connectivity index (χ0v) is 13.5. The van der Waals surface area contributed by atoms with Gasteiger partial charge in [0.1, 0.15) is 11.0 Å². The molecule has 1 heterocycles. The molecule has 0 aliphatic rings. The highest BCUT2D eigenvalue weighted by Gasteiger charge is 2.08. The van der Waals surface area contributed by atoms with Crippen LogP contribution in [0.4, 0.5) is 0 Å². The fourth-order valence-electron chi connectivity index (χ4n) is 1.75. The van der Waals surface area contributed by atoms with Crippen LogP contribution in [0.25, 0.3) is 0 Å². The number of aromatic nitrogens is 2. The van der Waals surface area contributed by atoms with Crippen LogP contribution in [0.2, 0.25) is 5.15 Å². The quantitative estimate of drug-likeness (QED) is 0.582. The van der Waals surface area contributed by atoms with Gasteiger partial charge >= 0.3 is 0 Å². The molecule has 1 aromatic heterocycles. The molecule has 18 heavy (non-hydrogen) atoms. The Morgan fingerprint density at radius 3 is 2.44 bits per heavy atom. The van der Waals surface area contributed by atoms with Gasteiger partial charge in [-0.3, -0.25) is 0 Å². The van der Waals surface area contributed by atoms with Crippen LogP contribution in [0.15, 0.2) is 18.2 Å². The van der Waals surface area contributed by atoms with Crippen LogP contribution in [-0.4, -0.2) is 9.97 Å². The van der Waals surface area contributed by atoms with E-state index in [-0.39, 0.29) is 0 Å². The van der Waals surface area contributed by atoms with Gasteiger partial charge in [0.2, 0.25) is 0 Å². The second kappa shape index (κ2) is 5.53. The topological polar surface area (TPSA) is 25.8 Å². The zero-order valence-electron chi connectivity index (χ0n) is 10.6. The van der Waals surface area contributed by atoms with Gasteiger partial charge in [0, 0.05) is 6.42 Å². The van der Waals surface area contributed by atoms with E-state index < -0.39 is 0 Å². The van der Waals surface area contributed by atoms with Crippen molar-refractivity contribution in [3.05, 3.63) is 55.1 Å². The van der Waals surface area contributed by atoms with Gasteiger partial charge in [-0.25, -0.2) is 9.97 Å². The Bertz CT molecular complexity index is 573. The normalized spacial score (nSPS) is 10.7. The summed E-state index contributed by atoms with van der Waals surface area (Å²) in [7, 11) is 0. The minimum absolute atomic E-state index is 0.543. The van der Waals surface area contributed by atoms with Crippen molar-refractivity contribution in [2.45, 2.75) is 27.2 Å². The van der Waals surface area contributed by atoms with Crippen LogP contribution in [0.5, 0.6) is 0 Å². The van der Waals surface area contributed by atoms with E-state index >= 15 is 0 Å². The summed E-state index contributed by atoms with van der Waals surface area (Å²) in [6.07, 6.45) is 0.721. The largest absolute Gasteiger partial charge is 0.237 e. The van der Waals surface area contributed by atoms with E-state index in [0.29, 0.717) is 5.15 Å². The van der Waals surface area contributed by atoms with Gasteiger partial charge in [0.15, 0.2) is 0 Å². The number of aryl methyl sites for hydroxylation is 3. The summed E-state index contributed by atoms with van der Waals surface area (Å²) < 4.78 is 0.929. The molecule has 2 nitrogen and oxygen atoms in total. The van der Waals surface area contributed by atoms with Crippen molar-refractivity contribution in [3.8, 4) is 0 Å². The molecule has 0 N–H and O–H groups in total. The lowest BCUT2D eigenvalue weighted by molar-refractivity contribution is 0.932. The van der Waals surface area contributed by atoms with Gasteiger partial charge in [-0.1, -0.05) is 29.8 Å². The van der Waals surface area contributed by atoms with Gasteiger partial charge in [0.05, 0.1) is 9.26 Å². The van der Waals surface area contributed by atoms with E-state index in [4.69, 9.17) is 11.6 Å². The monoisotopic (exact) mass is 372 g/mol. The molecule has 0 atom stereocenters. The summed E-state index contributed by atoms with van der Waals surface area (Å²) in [6.45, 7) is 6.19. The molecule has 4 heteroatoms. The Kier molecular flexibility index (Phi) is 4.22. The van der Waals surface area contributed by atoms with Crippen LogP contribution in [-0.2, 0) is 6.42 Å². The van der Waals surface area contributed by atoms with Crippen LogP contribution in [0.3, 0.4) is 0 Å². The molecule has 2 rings (SSSR count). The number of hydrogen-bond acceptors (Lipinski definition) is 2.